The summed E-state index contributed by atoms with van der Waals surface area (Å²) < 4.78 is 10.7. The van der Waals surface area contributed by atoms with E-state index in [9.17, 15) is 9.59 Å². The summed E-state index contributed by atoms with van der Waals surface area (Å²) in [6.07, 6.45) is 5.12. The van der Waals surface area contributed by atoms with E-state index in [0.717, 1.165) is 48.3 Å². The summed E-state index contributed by atoms with van der Waals surface area (Å²) in [6.45, 7) is 2.02. The molecule has 1 aliphatic heterocycles. The molecule has 2 aliphatic rings. The summed E-state index contributed by atoms with van der Waals surface area (Å²) >= 11 is 0. The van der Waals surface area contributed by atoms with Crippen molar-refractivity contribution in [2.75, 3.05) is 26.7 Å². The number of carbonyl (C=O) groups excluding carboxylic acids is 2. The highest BCUT2D eigenvalue weighted by Crippen LogP contribution is 2.59. The molecule has 2 fully saturated rings. The number of rotatable bonds is 7. The van der Waals surface area contributed by atoms with Crippen LogP contribution in [0.3, 0.4) is 0 Å². The monoisotopic (exact) mass is 458 g/mol. The lowest BCUT2D eigenvalue weighted by molar-refractivity contribution is -0.123. The first kappa shape index (κ1) is 22.3. The number of nitrogens with one attached hydrogen (secondary N) is 1. The summed E-state index contributed by atoms with van der Waals surface area (Å²) in [5, 5.41) is 3.11. The normalized spacial score (nSPS) is 18.5. The number of piperidine rings is 1. The number of hydrogen-bond acceptors (Lipinski definition) is 4. The van der Waals surface area contributed by atoms with E-state index >= 15 is 0 Å². The van der Waals surface area contributed by atoms with Crippen molar-refractivity contribution in [3.63, 3.8) is 0 Å². The molecule has 176 valence electrons. The van der Waals surface area contributed by atoms with Crippen LogP contribution in [0.5, 0.6) is 5.75 Å². The molecule has 1 atom stereocenters. The smallest absolute Gasteiger partial charge is 0.253 e. The summed E-state index contributed by atoms with van der Waals surface area (Å²) in [7, 11) is 1.66. The summed E-state index contributed by atoms with van der Waals surface area (Å²) in [4.78, 5) is 27.6. The Morgan fingerprint density at radius 3 is 2.59 bits per heavy atom. The molecular weight excluding hydrogens is 428 g/mol. The van der Waals surface area contributed by atoms with E-state index < -0.39 is 0 Å². The van der Waals surface area contributed by atoms with E-state index in [4.69, 9.17) is 9.15 Å². The summed E-state index contributed by atoms with van der Waals surface area (Å²) in [5.74, 6) is 1.90. The molecule has 2 amide bonds. The molecule has 1 spiro atoms. The van der Waals surface area contributed by atoms with Crippen LogP contribution in [0.25, 0.3) is 11.3 Å². The molecule has 0 unspecified atom stereocenters. The molecule has 1 aliphatic carbocycles. The molecule has 2 aromatic carbocycles. The highest BCUT2D eigenvalue weighted by atomic mass is 16.5. The minimum atomic E-state index is 0.0563. The molecule has 6 heteroatoms. The number of benzene rings is 2. The molecule has 34 heavy (non-hydrogen) atoms. The predicted molar refractivity (Wildman–Crippen MR) is 130 cm³/mol. The quantitative estimate of drug-likeness (QED) is 0.564. The van der Waals surface area contributed by atoms with Crippen molar-refractivity contribution in [2.24, 2.45) is 11.3 Å². The SMILES string of the molecule is COc1cccc(CCNC(=O)[C@@H]2CC23CCN(C(=O)c2ccc(-c4ccco4)cc2)CC3)c1. The van der Waals surface area contributed by atoms with Gasteiger partial charge in [0.1, 0.15) is 11.5 Å². The van der Waals surface area contributed by atoms with Crippen molar-refractivity contribution < 1.29 is 18.7 Å². The Hall–Kier alpha value is -3.54. The molecule has 1 aromatic heterocycles. The summed E-state index contributed by atoms with van der Waals surface area (Å²) in [5.41, 5.74) is 2.86. The molecule has 3 aromatic rings. The van der Waals surface area contributed by atoms with Crippen molar-refractivity contribution in [1.29, 1.82) is 0 Å². The molecule has 2 heterocycles. The van der Waals surface area contributed by atoms with Gasteiger partial charge in [-0.15, -0.1) is 0 Å². The van der Waals surface area contributed by atoms with Crippen LogP contribution in [0.15, 0.2) is 71.3 Å². The average molecular weight is 459 g/mol. The fraction of sp³-hybridized carbons (Fsp3) is 0.357. The first-order chi connectivity index (χ1) is 16.6. The number of hydrogen-bond donors (Lipinski definition) is 1. The van der Waals surface area contributed by atoms with Crippen LogP contribution in [-0.4, -0.2) is 43.5 Å². The highest BCUT2D eigenvalue weighted by Gasteiger charge is 2.58. The van der Waals surface area contributed by atoms with Crippen LogP contribution in [0.1, 0.15) is 35.2 Å². The van der Waals surface area contributed by atoms with Crippen LogP contribution in [0.4, 0.5) is 0 Å². The van der Waals surface area contributed by atoms with Crippen LogP contribution >= 0.6 is 0 Å². The lowest BCUT2D eigenvalue weighted by Crippen LogP contribution is -2.40. The van der Waals surface area contributed by atoms with Gasteiger partial charge in [0, 0.05) is 36.7 Å². The van der Waals surface area contributed by atoms with Gasteiger partial charge in [-0.3, -0.25) is 9.59 Å². The Kier molecular flexibility index (Phi) is 6.14. The first-order valence-corrected chi connectivity index (χ1v) is 11.9. The Balaban J connectivity index is 1.09. The Labute approximate surface area is 199 Å². The van der Waals surface area contributed by atoms with E-state index in [-0.39, 0.29) is 23.1 Å². The Morgan fingerprint density at radius 1 is 1.09 bits per heavy atom. The number of likely N-dealkylation sites (tertiary alicyclic amines) is 1. The lowest BCUT2D eigenvalue weighted by atomic mass is 9.90. The number of furan rings is 1. The van der Waals surface area contributed by atoms with Crippen molar-refractivity contribution in [1.82, 2.24) is 10.2 Å². The zero-order chi connectivity index (χ0) is 23.5. The number of methoxy groups -OCH3 is 1. The number of carbonyl (C=O) groups is 2. The predicted octanol–water partition coefficient (Wildman–Crippen LogP) is 4.56. The molecule has 1 saturated carbocycles. The van der Waals surface area contributed by atoms with E-state index in [2.05, 4.69) is 5.32 Å². The van der Waals surface area contributed by atoms with E-state index in [1.807, 2.05) is 65.6 Å². The van der Waals surface area contributed by atoms with Gasteiger partial charge in [0.2, 0.25) is 5.91 Å². The van der Waals surface area contributed by atoms with E-state index in [1.54, 1.807) is 13.4 Å². The maximum absolute atomic E-state index is 13.0. The van der Waals surface area contributed by atoms with Gasteiger partial charge in [-0.1, -0.05) is 24.3 Å². The molecule has 5 rings (SSSR count). The second-order valence-corrected chi connectivity index (χ2v) is 9.36. The Morgan fingerprint density at radius 2 is 1.88 bits per heavy atom. The molecule has 0 bridgehead atoms. The Bertz CT molecular complexity index is 1150. The first-order valence-electron chi connectivity index (χ1n) is 11.9. The fourth-order valence-electron chi connectivity index (χ4n) is 5.11. The maximum atomic E-state index is 13.0. The number of nitrogens with zero attached hydrogens (tertiary/aromatic N) is 1. The van der Waals surface area contributed by atoms with Crippen LogP contribution in [-0.2, 0) is 11.2 Å². The third kappa shape index (κ3) is 4.58. The number of amides is 2. The maximum Gasteiger partial charge on any atom is 0.253 e. The van der Waals surface area contributed by atoms with Gasteiger partial charge in [0.15, 0.2) is 0 Å². The van der Waals surface area contributed by atoms with Gasteiger partial charge < -0.3 is 19.4 Å². The van der Waals surface area contributed by atoms with Crippen molar-refractivity contribution >= 4 is 11.8 Å². The number of ether oxygens (including phenoxy) is 1. The van der Waals surface area contributed by atoms with Gasteiger partial charge in [0.25, 0.3) is 5.91 Å². The summed E-state index contributed by atoms with van der Waals surface area (Å²) in [6, 6.07) is 19.3. The molecular formula is C28H30N2O4. The lowest BCUT2D eigenvalue weighted by Gasteiger charge is -2.33. The molecule has 1 saturated heterocycles. The van der Waals surface area contributed by atoms with Gasteiger partial charge in [0.05, 0.1) is 13.4 Å². The van der Waals surface area contributed by atoms with E-state index in [1.165, 1.54) is 0 Å². The van der Waals surface area contributed by atoms with Crippen molar-refractivity contribution in [3.8, 4) is 17.1 Å². The zero-order valence-electron chi connectivity index (χ0n) is 19.5. The second-order valence-electron chi connectivity index (χ2n) is 9.36. The largest absolute Gasteiger partial charge is 0.497 e. The highest BCUT2D eigenvalue weighted by molar-refractivity contribution is 5.94. The standard InChI is InChI=1S/C28H30N2O4/c1-33-23-5-2-4-20(18-23)11-14-29-26(31)24-19-28(24)12-15-30(16-13-28)27(32)22-9-7-21(8-10-22)25-6-3-17-34-25/h2-10,17-18,24H,11-16,19H2,1H3,(H,29,31)/t24-/m0/s1. The van der Waals surface area contributed by atoms with Crippen LogP contribution in [0, 0.1) is 11.3 Å². The third-order valence-electron chi connectivity index (χ3n) is 7.34. The molecule has 6 nitrogen and oxygen atoms in total. The third-order valence-corrected chi connectivity index (χ3v) is 7.34. The van der Waals surface area contributed by atoms with Crippen molar-refractivity contribution in [3.05, 3.63) is 78.1 Å². The zero-order valence-corrected chi connectivity index (χ0v) is 19.5. The van der Waals surface area contributed by atoms with Gasteiger partial charge in [-0.25, -0.2) is 0 Å². The van der Waals surface area contributed by atoms with Crippen LogP contribution < -0.4 is 10.1 Å². The van der Waals surface area contributed by atoms with Gasteiger partial charge in [-0.2, -0.15) is 0 Å². The minimum Gasteiger partial charge on any atom is -0.497 e. The second kappa shape index (κ2) is 9.37. The fourth-order valence-corrected chi connectivity index (χ4v) is 5.11. The van der Waals surface area contributed by atoms with Gasteiger partial charge >= 0.3 is 0 Å². The van der Waals surface area contributed by atoms with Crippen molar-refractivity contribution in [2.45, 2.75) is 25.7 Å². The topological polar surface area (TPSA) is 71.8 Å². The van der Waals surface area contributed by atoms with E-state index in [0.29, 0.717) is 25.2 Å². The molecule has 1 N–H and O–H groups in total. The van der Waals surface area contributed by atoms with Gasteiger partial charge in [-0.05, 0) is 73.1 Å². The molecule has 0 radical (unpaired) electrons. The average Bonchev–Trinajstić information content (AvgIpc) is 3.29. The minimum absolute atomic E-state index is 0.0563. The van der Waals surface area contributed by atoms with Crippen LogP contribution in [0.2, 0.25) is 0 Å².